The van der Waals surface area contributed by atoms with Crippen LogP contribution in [0.15, 0.2) is 48.7 Å². The lowest BCUT2D eigenvalue weighted by Crippen LogP contribution is -2.39. The van der Waals surface area contributed by atoms with Crippen molar-refractivity contribution in [3.63, 3.8) is 0 Å². The molecule has 0 spiro atoms. The molecule has 4 N–H and O–H groups in total. The zero-order valence-electron chi connectivity index (χ0n) is 15.4. The van der Waals surface area contributed by atoms with Crippen molar-refractivity contribution >= 4 is 22.5 Å². The lowest BCUT2D eigenvalue weighted by molar-refractivity contribution is 0.0851. The fourth-order valence-electron chi connectivity index (χ4n) is 3.85. The second-order valence-corrected chi connectivity index (χ2v) is 7.32. The molecule has 2 atom stereocenters. The molecule has 0 saturated heterocycles. The summed E-state index contributed by atoms with van der Waals surface area (Å²) < 4.78 is 13.6. The van der Waals surface area contributed by atoms with Gasteiger partial charge in [0.1, 0.15) is 11.6 Å². The molecule has 1 saturated carbocycles. The van der Waals surface area contributed by atoms with Crippen LogP contribution in [0.4, 0.5) is 10.2 Å². The number of aromatic nitrogens is 1. The van der Waals surface area contributed by atoms with Crippen molar-refractivity contribution in [2.75, 3.05) is 5.73 Å². The summed E-state index contributed by atoms with van der Waals surface area (Å²) in [7, 11) is 0. The van der Waals surface area contributed by atoms with Crippen molar-refractivity contribution in [3.8, 4) is 11.1 Å². The molecule has 1 fully saturated rings. The molecule has 1 amide bonds. The molecule has 5 nitrogen and oxygen atoms in total. The zero-order chi connectivity index (χ0) is 19.7. The molecule has 1 aliphatic carbocycles. The lowest BCUT2D eigenvalue weighted by Gasteiger charge is -2.26. The van der Waals surface area contributed by atoms with E-state index in [0.29, 0.717) is 28.6 Å². The molecule has 4 rings (SSSR count). The van der Waals surface area contributed by atoms with Crippen LogP contribution in [0.5, 0.6) is 0 Å². The summed E-state index contributed by atoms with van der Waals surface area (Å²) in [5.41, 5.74) is 8.02. The van der Waals surface area contributed by atoms with E-state index < -0.39 is 0 Å². The summed E-state index contributed by atoms with van der Waals surface area (Å²) in [6.45, 7) is 0. The summed E-state index contributed by atoms with van der Waals surface area (Å²) in [4.78, 5) is 17.0. The molecular formula is C22H22FN3O2. The van der Waals surface area contributed by atoms with Gasteiger partial charge in [-0.15, -0.1) is 0 Å². The first kappa shape index (κ1) is 18.4. The second-order valence-electron chi connectivity index (χ2n) is 7.32. The van der Waals surface area contributed by atoms with Crippen LogP contribution in [-0.4, -0.2) is 28.1 Å². The van der Waals surface area contributed by atoms with Gasteiger partial charge in [0.2, 0.25) is 0 Å². The summed E-state index contributed by atoms with van der Waals surface area (Å²) in [6, 6.07) is 11.8. The third-order valence-corrected chi connectivity index (χ3v) is 5.30. The molecule has 0 bridgehead atoms. The number of carbonyl (C=O) groups excluding carboxylic acids is 1. The highest BCUT2D eigenvalue weighted by Crippen LogP contribution is 2.29. The second kappa shape index (κ2) is 7.56. The van der Waals surface area contributed by atoms with Gasteiger partial charge in [0.05, 0.1) is 11.7 Å². The number of fused-ring (bicyclic) bond motifs is 1. The number of amides is 1. The number of rotatable bonds is 3. The van der Waals surface area contributed by atoms with E-state index in [0.717, 1.165) is 30.4 Å². The molecular weight excluding hydrogens is 357 g/mol. The van der Waals surface area contributed by atoms with E-state index in [1.807, 2.05) is 24.3 Å². The minimum absolute atomic E-state index is 0.0459. The van der Waals surface area contributed by atoms with Gasteiger partial charge in [-0.3, -0.25) is 4.79 Å². The van der Waals surface area contributed by atoms with Gasteiger partial charge in [0.25, 0.3) is 5.91 Å². The van der Waals surface area contributed by atoms with Gasteiger partial charge >= 0.3 is 0 Å². The van der Waals surface area contributed by atoms with Crippen LogP contribution in [0.25, 0.3) is 21.9 Å². The van der Waals surface area contributed by atoms with Crippen molar-refractivity contribution in [2.45, 2.75) is 37.8 Å². The van der Waals surface area contributed by atoms with Crippen molar-refractivity contribution in [3.05, 3.63) is 60.0 Å². The Morgan fingerprint density at radius 2 is 1.96 bits per heavy atom. The number of nitrogens with zero attached hydrogens (tertiary/aromatic N) is 1. The van der Waals surface area contributed by atoms with Crippen molar-refractivity contribution in [1.29, 1.82) is 0 Å². The van der Waals surface area contributed by atoms with Gasteiger partial charge < -0.3 is 16.2 Å². The van der Waals surface area contributed by atoms with E-state index in [1.54, 1.807) is 6.07 Å². The monoisotopic (exact) mass is 379 g/mol. The number of carbonyl (C=O) groups is 1. The first-order chi connectivity index (χ1) is 13.5. The minimum atomic E-state index is -0.367. The average molecular weight is 379 g/mol. The van der Waals surface area contributed by atoms with Gasteiger partial charge in [-0.05, 0) is 60.4 Å². The van der Waals surface area contributed by atoms with Crippen molar-refractivity contribution < 1.29 is 14.3 Å². The largest absolute Gasteiger partial charge is 0.393 e. The summed E-state index contributed by atoms with van der Waals surface area (Å²) in [5, 5.41) is 14.2. The van der Waals surface area contributed by atoms with E-state index in [2.05, 4.69) is 10.3 Å². The molecule has 1 aliphatic rings. The van der Waals surface area contributed by atoms with Crippen LogP contribution < -0.4 is 11.1 Å². The number of nitrogens with one attached hydrogen (secondary N) is 1. The SMILES string of the molecule is Nc1ncc(C(=O)N[C@@H]2CCC[C@@H](O)C2)c2ccc(-c3cccc(F)c3)cc12. The molecule has 1 heterocycles. The molecule has 0 radical (unpaired) electrons. The van der Waals surface area contributed by atoms with Crippen LogP contribution in [0.3, 0.4) is 0 Å². The third-order valence-electron chi connectivity index (χ3n) is 5.30. The first-order valence-electron chi connectivity index (χ1n) is 9.44. The Morgan fingerprint density at radius 1 is 1.14 bits per heavy atom. The number of hydrogen-bond acceptors (Lipinski definition) is 4. The van der Waals surface area contributed by atoms with Gasteiger partial charge in [-0.1, -0.05) is 24.3 Å². The predicted molar refractivity (Wildman–Crippen MR) is 107 cm³/mol. The van der Waals surface area contributed by atoms with Gasteiger partial charge in [-0.25, -0.2) is 9.37 Å². The van der Waals surface area contributed by atoms with Crippen molar-refractivity contribution in [2.24, 2.45) is 0 Å². The third kappa shape index (κ3) is 3.68. The Morgan fingerprint density at radius 3 is 2.75 bits per heavy atom. The number of pyridine rings is 1. The highest BCUT2D eigenvalue weighted by atomic mass is 19.1. The number of aliphatic hydroxyl groups is 1. The minimum Gasteiger partial charge on any atom is -0.393 e. The van der Waals surface area contributed by atoms with E-state index in [4.69, 9.17) is 5.73 Å². The van der Waals surface area contributed by atoms with E-state index in [1.165, 1.54) is 18.3 Å². The highest BCUT2D eigenvalue weighted by molar-refractivity contribution is 6.09. The maximum absolute atomic E-state index is 13.6. The zero-order valence-corrected chi connectivity index (χ0v) is 15.4. The van der Waals surface area contributed by atoms with Crippen molar-refractivity contribution in [1.82, 2.24) is 10.3 Å². The molecule has 144 valence electrons. The van der Waals surface area contributed by atoms with E-state index in [9.17, 15) is 14.3 Å². The highest BCUT2D eigenvalue weighted by Gasteiger charge is 2.23. The van der Waals surface area contributed by atoms with Crippen LogP contribution in [-0.2, 0) is 0 Å². The predicted octanol–water partition coefficient (Wildman–Crippen LogP) is 3.66. The fourth-order valence-corrected chi connectivity index (χ4v) is 3.85. The number of aliphatic hydroxyl groups excluding tert-OH is 1. The van der Waals surface area contributed by atoms with Gasteiger partial charge in [0, 0.05) is 17.6 Å². The lowest BCUT2D eigenvalue weighted by atomic mass is 9.92. The molecule has 3 aromatic rings. The topological polar surface area (TPSA) is 88.2 Å². The molecule has 2 aromatic carbocycles. The number of hydrogen-bond donors (Lipinski definition) is 3. The summed E-state index contributed by atoms with van der Waals surface area (Å²) in [6.07, 6.45) is 4.21. The maximum Gasteiger partial charge on any atom is 0.253 e. The number of halogens is 1. The van der Waals surface area contributed by atoms with Crippen LogP contribution >= 0.6 is 0 Å². The standard InChI is InChI=1S/C22H22FN3O2/c23-15-4-1-3-13(9-15)14-7-8-18-19(10-14)21(24)25-12-20(18)22(28)26-16-5-2-6-17(27)11-16/h1,3-4,7-10,12,16-17,27H,2,5-6,11H2,(H2,24,25)(H,26,28)/t16-,17-/m1/s1. The summed E-state index contributed by atoms with van der Waals surface area (Å²) in [5.74, 6) is -0.223. The van der Waals surface area contributed by atoms with Crippen LogP contribution in [0.1, 0.15) is 36.0 Å². The number of anilines is 1. The molecule has 1 aromatic heterocycles. The number of nitrogens with two attached hydrogens (primary N) is 1. The molecule has 6 heteroatoms. The Bertz CT molecular complexity index is 1040. The normalized spacial score (nSPS) is 19.5. The van der Waals surface area contributed by atoms with Crippen LogP contribution in [0, 0.1) is 5.82 Å². The quantitative estimate of drug-likeness (QED) is 0.648. The fraction of sp³-hybridized carbons (Fsp3) is 0.273. The molecule has 0 aliphatic heterocycles. The van der Waals surface area contributed by atoms with Gasteiger partial charge in [-0.2, -0.15) is 0 Å². The maximum atomic E-state index is 13.6. The Kier molecular flexibility index (Phi) is 4.96. The van der Waals surface area contributed by atoms with Gasteiger partial charge in [0.15, 0.2) is 0 Å². The van der Waals surface area contributed by atoms with E-state index >= 15 is 0 Å². The first-order valence-corrected chi connectivity index (χ1v) is 9.44. The average Bonchev–Trinajstić information content (AvgIpc) is 2.68. The Labute approximate surface area is 162 Å². The number of benzene rings is 2. The van der Waals surface area contributed by atoms with Crippen LogP contribution in [0.2, 0.25) is 0 Å². The Balaban J connectivity index is 1.68. The smallest absolute Gasteiger partial charge is 0.253 e. The number of nitrogen functional groups attached to an aromatic ring is 1. The molecule has 0 unspecified atom stereocenters. The Hall–Kier alpha value is -2.99. The summed E-state index contributed by atoms with van der Waals surface area (Å²) >= 11 is 0. The van der Waals surface area contributed by atoms with E-state index in [-0.39, 0.29) is 23.9 Å². The molecule has 28 heavy (non-hydrogen) atoms.